The van der Waals surface area contributed by atoms with Crippen LogP contribution in [0.25, 0.3) is 0 Å². The van der Waals surface area contributed by atoms with Crippen molar-refractivity contribution in [3.05, 3.63) is 12.2 Å². The monoisotopic (exact) mass is 226 g/mol. The number of hydrogen-bond donors (Lipinski definition) is 0. The predicted octanol–water partition coefficient (Wildman–Crippen LogP) is 4.25. The van der Waals surface area contributed by atoms with Gasteiger partial charge in [0.15, 0.2) is 0 Å². The van der Waals surface area contributed by atoms with E-state index in [1.165, 1.54) is 19.3 Å². The van der Waals surface area contributed by atoms with Gasteiger partial charge in [-0.05, 0) is 25.7 Å². The van der Waals surface area contributed by atoms with Crippen molar-refractivity contribution in [1.82, 2.24) is 0 Å². The lowest BCUT2D eigenvalue weighted by Crippen LogP contribution is -2.04. The van der Waals surface area contributed by atoms with E-state index < -0.39 is 0 Å². The van der Waals surface area contributed by atoms with Crippen LogP contribution in [0.4, 0.5) is 0 Å². The molecule has 0 aromatic heterocycles. The quantitative estimate of drug-likeness (QED) is 0.316. The Morgan fingerprint density at radius 1 is 1.00 bits per heavy atom. The van der Waals surface area contributed by atoms with Gasteiger partial charge in [0.25, 0.3) is 0 Å². The minimum atomic E-state index is -0.0633. The lowest BCUT2D eigenvalue weighted by molar-refractivity contribution is -0.143. The molecule has 0 saturated heterocycles. The molecule has 0 fully saturated rings. The Morgan fingerprint density at radius 3 is 2.38 bits per heavy atom. The van der Waals surface area contributed by atoms with Gasteiger partial charge in [0.05, 0.1) is 6.61 Å². The largest absolute Gasteiger partial charge is 0.466 e. The Balaban J connectivity index is 3.26. The average Bonchev–Trinajstić information content (AvgIpc) is 2.28. The Kier molecular flexibility index (Phi) is 11.7. The maximum atomic E-state index is 11.2. The lowest BCUT2D eigenvalue weighted by atomic mass is 10.2. The van der Waals surface area contributed by atoms with E-state index >= 15 is 0 Å². The Morgan fingerprint density at radius 2 is 1.69 bits per heavy atom. The number of unbranched alkanes of at least 4 members (excludes halogenated alkanes) is 4. The van der Waals surface area contributed by atoms with Crippen LogP contribution in [0.1, 0.15) is 65.2 Å². The van der Waals surface area contributed by atoms with E-state index in [9.17, 15) is 4.79 Å². The highest BCUT2D eigenvalue weighted by Crippen LogP contribution is 2.02. The molecule has 0 bridgehead atoms. The highest BCUT2D eigenvalue weighted by atomic mass is 16.5. The summed E-state index contributed by atoms with van der Waals surface area (Å²) in [5.74, 6) is -0.0633. The van der Waals surface area contributed by atoms with Crippen LogP contribution in [0.5, 0.6) is 0 Å². The molecule has 2 heteroatoms. The summed E-state index contributed by atoms with van der Waals surface area (Å²) < 4.78 is 5.05. The van der Waals surface area contributed by atoms with Gasteiger partial charge in [-0.3, -0.25) is 4.79 Å². The summed E-state index contributed by atoms with van der Waals surface area (Å²) in [5, 5.41) is 0. The molecule has 0 radical (unpaired) electrons. The standard InChI is InChI=1S/C14H26O2/c1-3-5-7-8-9-10-11-12-14(15)16-13-6-4-2/h9-10H,3-8,11-13H2,1-2H3. The van der Waals surface area contributed by atoms with Crippen LogP contribution in [0.2, 0.25) is 0 Å². The third-order valence-corrected chi connectivity index (χ3v) is 2.42. The lowest BCUT2D eigenvalue weighted by Gasteiger charge is -2.01. The number of carbonyl (C=O) groups excluding carboxylic acids is 1. The molecule has 16 heavy (non-hydrogen) atoms. The first-order valence-electron chi connectivity index (χ1n) is 6.61. The zero-order valence-electron chi connectivity index (χ0n) is 10.8. The summed E-state index contributed by atoms with van der Waals surface area (Å²) >= 11 is 0. The number of rotatable bonds is 10. The fraction of sp³-hybridized carbons (Fsp3) is 0.786. The van der Waals surface area contributed by atoms with E-state index in [0.717, 1.165) is 25.7 Å². The van der Waals surface area contributed by atoms with Crippen molar-refractivity contribution in [2.24, 2.45) is 0 Å². The van der Waals surface area contributed by atoms with Crippen molar-refractivity contribution in [1.29, 1.82) is 0 Å². The summed E-state index contributed by atoms with van der Waals surface area (Å²) in [4.78, 5) is 11.2. The molecule has 0 aliphatic rings. The van der Waals surface area contributed by atoms with Crippen LogP contribution in [-0.4, -0.2) is 12.6 Å². The van der Waals surface area contributed by atoms with Gasteiger partial charge >= 0.3 is 5.97 Å². The van der Waals surface area contributed by atoms with Gasteiger partial charge in [0, 0.05) is 6.42 Å². The van der Waals surface area contributed by atoms with E-state index in [1.54, 1.807) is 0 Å². The van der Waals surface area contributed by atoms with E-state index in [0.29, 0.717) is 13.0 Å². The molecule has 0 saturated carbocycles. The molecule has 0 rings (SSSR count). The molecule has 0 N–H and O–H groups in total. The van der Waals surface area contributed by atoms with Crippen LogP contribution in [-0.2, 0) is 9.53 Å². The summed E-state index contributed by atoms with van der Waals surface area (Å²) in [6.45, 7) is 4.87. The van der Waals surface area contributed by atoms with Crippen LogP contribution < -0.4 is 0 Å². The van der Waals surface area contributed by atoms with Crippen LogP contribution in [0.15, 0.2) is 12.2 Å². The number of allylic oxidation sites excluding steroid dienone is 2. The molecule has 0 spiro atoms. The average molecular weight is 226 g/mol. The predicted molar refractivity (Wildman–Crippen MR) is 68.4 cm³/mol. The topological polar surface area (TPSA) is 26.3 Å². The van der Waals surface area contributed by atoms with E-state index in [2.05, 4.69) is 26.0 Å². The second-order valence-electron chi connectivity index (χ2n) is 4.08. The summed E-state index contributed by atoms with van der Waals surface area (Å²) in [6, 6.07) is 0. The van der Waals surface area contributed by atoms with Crippen LogP contribution in [0, 0.1) is 0 Å². The molecule has 0 atom stereocenters. The summed E-state index contributed by atoms with van der Waals surface area (Å²) in [5.41, 5.74) is 0. The first-order valence-corrected chi connectivity index (χ1v) is 6.61. The molecular formula is C14H26O2. The van der Waals surface area contributed by atoms with Crippen molar-refractivity contribution >= 4 is 5.97 Å². The van der Waals surface area contributed by atoms with E-state index in [1.807, 2.05) is 0 Å². The molecule has 0 aliphatic heterocycles. The van der Waals surface area contributed by atoms with Gasteiger partial charge in [-0.15, -0.1) is 0 Å². The second kappa shape index (κ2) is 12.3. The van der Waals surface area contributed by atoms with Crippen molar-refractivity contribution in [3.8, 4) is 0 Å². The number of carbonyl (C=O) groups is 1. The van der Waals surface area contributed by atoms with Crippen LogP contribution in [0.3, 0.4) is 0 Å². The minimum Gasteiger partial charge on any atom is -0.466 e. The molecule has 0 unspecified atom stereocenters. The molecule has 0 aromatic carbocycles. The number of esters is 1. The highest BCUT2D eigenvalue weighted by molar-refractivity contribution is 5.69. The second-order valence-corrected chi connectivity index (χ2v) is 4.08. The fourth-order valence-electron chi connectivity index (χ4n) is 1.35. The fourth-order valence-corrected chi connectivity index (χ4v) is 1.35. The first-order chi connectivity index (χ1) is 7.81. The van der Waals surface area contributed by atoms with E-state index in [-0.39, 0.29) is 5.97 Å². The Bertz CT molecular complexity index is 185. The molecule has 94 valence electrons. The molecule has 2 nitrogen and oxygen atoms in total. The van der Waals surface area contributed by atoms with Crippen molar-refractivity contribution < 1.29 is 9.53 Å². The Labute approximate surface area is 100 Å². The number of hydrogen-bond acceptors (Lipinski definition) is 2. The third kappa shape index (κ3) is 11.3. The maximum Gasteiger partial charge on any atom is 0.306 e. The third-order valence-electron chi connectivity index (χ3n) is 2.42. The Hall–Kier alpha value is -0.790. The minimum absolute atomic E-state index is 0.0633. The highest BCUT2D eigenvalue weighted by Gasteiger charge is 1.99. The molecule has 0 aromatic rings. The van der Waals surface area contributed by atoms with Gasteiger partial charge in [0.2, 0.25) is 0 Å². The van der Waals surface area contributed by atoms with Crippen molar-refractivity contribution in [2.75, 3.05) is 6.61 Å². The van der Waals surface area contributed by atoms with Gasteiger partial charge in [0.1, 0.15) is 0 Å². The first kappa shape index (κ1) is 15.2. The SMILES string of the molecule is CCCCCC=CCCC(=O)OCCCC. The zero-order chi connectivity index (χ0) is 12.1. The summed E-state index contributed by atoms with van der Waals surface area (Å²) in [7, 11) is 0. The molecule has 0 heterocycles. The van der Waals surface area contributed by atoms with Gasteiger partial charge in [-0.2, -0.15) is 0 Å². The maximum absolute atomic E-state index is 11.2. The normalized spacial score (nSPS) is 10.9. The van der Waals surface area contributed by atoms with Crippen molar-refractivity contribution in [3.63, 3.8) is 0 Å². The van der Waals surface area contributed by atoms with Crippen molar-refractivity contribution in [2.45, 2.75) is 65.2 Å². The van der Waals surface area contributed by atoms with Gasteiger partial charge < -0.3 is 4.74 Å². The van der Waals surface area contributed by atoms with Gasteiger partial charge in [-0.25, -0.2) is 0 Å². The zero-order valence-corrected chi connectivity index (χ0v) is 10.8. The van der Waals surface area contributed by atoms with E-state index in [4.69, 9.17) is 4.74 Å². The summed E-state index contributed by atoms with van der Waals surface area (Å²) in [6.07, 6.45) is 12.6. The molecule has 0 aliphatic carbocycles. The number of ether oxygens (including phenoxy) is 1. The van der Waals surface area contributed by atoms with Gasteiger partial charge in [-0.1, -0.05) is 45.3 Å². The van der Waals surface area contributed by atoms with Crippen LogP contribution >= 0.6 is 0 Å². The molecular weight excluding hydrogens is 200 g/mol. The smallest absolute Gasteiger partial charge is 0.306 e. The molecule has 0 amide bonds.